The van der Waals surface area contributed by atoms with Crippen LogP contribution in [0.1, 0.15) is 10.4 Å². The van der Waals surface area contributed by atoms with Crippen LogP contribution in [0.3, 0.4) is 0 Å². The van der Waals surface area contributed by atoms with Crippen LogP contribution in [0.4, 0.5) is 14.5 Å². The van der Waals surface area contributed by atoms with Crippen molar-refractivity contribution in [1.29, 1.82) is 0 Å². The van der Waals surface area contributed by atoms with Crippen molar-refractivity contribution in [2.75, 3.05) is 5.32 Å². The molecule has 0 aliphatic rings. The van der Waals surface area contributed by atoms with Crippen molar-refractivity contribution in [3.05, 3.63) is 63.6 Å². The van der Waals surface area contributed by atoms with Gasteiger partial charge in [-0.2, -0.15) is 0 Å². The third kappa shape index (κ3) is 3.03. The van der Waals surface area contributed by atoms with Gasteiger partial charge in [0.2, 0.25) is 0 Å². The van der Waals surface area contributed by atoms with Gasteiger partial charge in [0.25, 0.3) is 5.91 Å². The van der Waals surface area contributed by atoms with Crippen LogP contribution in [0.15, 0.2) is 36.4 Å². The Morgan fingerprint density at radius 1 is 1.05 bits per heavy atom. The van der Waals surface area contributed by atoms with Crippen LogP contribution in [0.5, 0.6) is 0 Å². The summed E-state index contributed by atoms with van der Waals surface area (Å²) in [5, 5.41) is 2.48. The monoisotopic (exact) mass is 301 g/mol. The summed E-state index contributed by atoms with van der Waals surface area (Å²) < 4.78 is 26.4. The minimum atomic E-state index is -0.752. The quantitative estimate of drug-likeness (QED) is 0.868. The van der Waals surface area contributed by atoms with Crippen LogP contribution < -0.4 is 5.32 Å². The van der Waals surface area contributed by atoms with E-state index < -0.39 is 17.5 Å². The van der Waals surface area contributed by atoms with Crippen LogP contribution in [0.2, 0.25) is 10.0 Å². The van der Waals surface area contributed by atoms with E-state index in [0.29, 0.717) is 0 Å². The summed E-state index contributed by atoms with van der Waals surface area (Å²) in [5.41, 5.74) is -0.268. The molecular weight excluding hydrogens is 295 g/mol. The van der Waals surface area contributed by atoms with Gasteiger partial charge in [0.05, 0.1) is 21.3 Å². The normalized spacial score (nSPS) is 10.3. The second-order valence-corrected chi connectivity index (χ2v) is 4.49. The fraction of sp³-hybridized carbons (Fsp3) is 0. The van der Waals surface area contributed by atoms with E-state index in [9.17, 15) is 13.6 Å². The van der Waals surface area contributed by atoms with E-state index in [1.165, 1.54) is 12.1 Å². The lowest BCUT2D eigenvalue weighted by atomic mass is 10.2. The smallest absolute Gasteiger partial charge is 0.258 e. The van der Waals surface area contributed by atoms with Crippen molar-refractivity contribution >= 4 is 34.8 Å². The maximum absolute atomic E-state index is 13.4. The van der Waals surface area contributed by atoms with Crippen LogP contribution in [-0.2, 0) is 0 Å². The molecule has 1 N–H and O–H groups in total. The zero-order chi connectivity index (χ0) is 14.0. The SMILES string of the molecule is O=C(Nc1cc(F)ccc1F)c1c(Cl)cccc1Cl. The lowest BCUT2D eigenvalue weighted by Gasteiger charge is -2.09. The standard InChI is InChI=1S/C13H7Cl2F2NO/c14-8-2-1-3-9(15)12(8)13(19)18-11-6-7(16)4-5-10(11)17/h1-6H,(H,18,19). The van der Waals surface area contributed by atoms with Gasteiger partial charge >= 0.3 is 0 Å². The highest BCUT2D eigenvalue weighted by Gasteiger charge is 2.16. The predicted octanol–water partition coefficient (Wildman–Crippen LogP) is 4.52. The maximum atomic E-state index is 13.4. The molecule has 0 fully saturated rings. The summed E-state index contributed by atoms with van der Waals surface area (Å²) in [4.78, 5) is 12.0. The molecule has 0 radical (unpaired) electrons. The average Bonchev–Trinajstić information content (AvgIpc) is 2.33. The third-order valence-corrected chi connectivity index (χ3v) is 3.00. The summed E-state index contributed by atoms with van der Waals surface area (Å²) >= 11 is 11.7. The molecule has 0 bridgehead atoms. The Bertz CT molecular complexity index is 626. The molecule has 2 aromatic rings. The molecule has 0 spiro atoms. The van der Waals surface area contributed by atoms with E-state index in [1.54, 1.807) is 6.07 Å². The van der Waals surface area contributed by atoms with Crippen molar-refractivity contribution < 1.29 is 13.6 Å². The second-order valence-electron chi connectivity index (χ2n) is 3.67. The molecule has 0 aliphatic carbocycles. The number of hydrogen-bond acceptors (Lipinski definition) is 1. The summed E-state index contributed by atoms with van der Waals surface area (Å²) in [7, 11) is 0. The molecule has 0 aromatic heterocycles. The molecule has 2 aromatic carbocycles. The van der Waals surface area contributed by atoms with Crippen molar-refractivity contribution in [1.82, 2.24) is 0 Å². The Labute approximate surface area is 118 Å². The molecule has 98 valence electrons. The molecule has 2 nitrogen and oxygen atoms in total. The first-order valence-electron chi connectivity index (χ1n) is 5.19. The maximum Gasteiger partial charge on any atom is 0.258 e. The van der Waals surface area contributed by atoms with E-state index in [-0.39, 0.29) is 21.3 Å². The number of rotatable bonds is 2. The predicted molar refractivity (Wildman–Crippen MR) is 70.8 cm³/mol. The summed E-state index contributed by atoms with van der Waals surface area (Å²) in [6.07, 6.45) is 0. The largest absolute Gasteiger partial charge is 0.319 e. The van der Waals surface area contributed by atoms with Crippen LogP contribution in [0.25, 0.3) is 0 Å². The fourth-order valence-corrected chi connectivity index (χ4v) is 2.06. The zero-order valence-electron chi connectivity index (χ0n) is 9.38. The Hall–Kier alpha value is -1.65. The Kier molecular flexibility index (Phi) is 4.02. The minimum Gasteiger partial charge on any atom is -0.319 e. The number of halogens is 4. The van der Waals surface area contributed by atoms with Gasteiger partial charge in [-0.3, -0.25) is 4.79 Å². The van der Waals surface area contributed by atoms with Gasteiger partial charge in [0.15, 0.2) is 0 Å². The third-order valence-electron chi connectivity index (χ3n) is 2.37. The topological polar surface area (TPSA) is 29.1 Å². The highest BCUT2D eigenvalue weighted by Crippen LogP contribution is 2.26. The Morgan fingerprint density at radius 2 is 1.68 bits per heavy atom. The molecule has 0 unspecified atom stereocenters. The van der Waals surface area contributed by atoms with Crippen molar-refractivity contribution in [3.8, 4) is 0 Å². The van der Waals surface area contributed by atoms with E-state index in [0.717, 1.165) is 18.2 Å². The molecule has 2 rings (SSSR count). The summed E-state index contributed by atoms with van der Waals surface area (Å²) in [5.74, 6) is -2.13. The first-order valence-corrected chi connectivity index (χ1v) is 5.95. The van der Waals surface area contributed by atoms with Gasteiger partial charge in [-0.1, -0.05) is 29.3 Å². The molecule has 0 heterocycles. The number of amides is 1. The first-order chi connectivity index (χ1) is 8.99. The van der Waals surface area contributed by atoms with Gasteiger partial charge in [-0.25, -0.2) is 8.78 Å². The van der Waals surface area contributed by atoms with Gasteiger partial charge in [-0.05, 0) is 24.3 Å². The molecule has 0 saturated carbocycles. The molecule has 0 aliphatic heterocycles. The lowest BCUT2D eigenvalue weighted by molar-refractivity contribution is 0.102. The van der Waals surface area contributed by atoms with Crippen molar-refractivity contribution in [3.63, 3.8) is 0 Å². The Balaban J connectivity index is 2.34. The Morgan fingerprint density at radius 3 is 2.32 bits per heavy atom. The number of nitrogens with one attached hydrogen (secondary N) is 1. The number of anilines is 1. The number of carbonyl (C=O) groups is 1. The van der Waals surface area contributed by atoms with E-state index >= 15 is 0 Å². The van der Waals surface area contributed by atoms with E-state index in [4.69, 9.17) is 23.2 Å². The molecule has 1 amide bonds. The fourth-order valence-electron chi connectivity index (χ4n) is 1.49. The molecule has 19 heavy (non-hydrogen) atoms. The average molecular weight is 302 g/mol. The zero-order valence-corrected chi connectivity index (χ0v) is 10.9. The number of hydrogen-bond donors (Lipinski definition) is 1. The van der Waals surface area contributed by atoms with Crippen LogP contribution in [0, 0.1) is 11.6 Å². The van der Waals surface area contributed by atoms with Gasteiger partial charge in [0, 0.05) is 6.07 Å². The minimum absolute atomic E-state index is 0.00879. The second kappa shape index (κ2) is 5.55. The summed E-state index contributed by atoms with van der Waals surface area (Å²) in [6, 6.07) is 7.27. The molecule has 0 atom stereocenters. The lowest BCUT2D eigenvalue weighted by Crippen LogP contribution is -2.14. The van der Waals surface area contributed by atoms with Crippen molar-refractivity contribution in [2.45, 2.75) is 0 Å². The van der Waals surface area contributed by atoms with Crippen LogP contribution in [-0.4, -0.2) is 5.91 Å². The van der Waals surface area contributed by atoms with E-state index in [1.807, 2.05) is 0 Å². The molecule has 0 saturated heterocycles. The van der Waals surface area contributed by atoms with Crippen molar-refractivity contribution in [2.24, 2.45) is 0 Å². The highest BCUT2D eigenvalue weighted by molar-refractivity contribution is 6.40. The van der Waals surface area contributed by atoms with Gasteiger partial charge < -0.3 is 5.32 Å². The molecule has 6 heteroatoms. The van der Waals surface area contributed by atoms with Gasteiger partial charge in [-0.15, -0.1) is 0 Å². The highest BCUT2D eigenvalue weighted by atomic mass is 35.5. The van der Waals surface area contributed by atoms with Gasteiger partial charge in [0.1, 0.15) is 11.6 Å². The summed E-state index contributed by atoms with van der Waals surface area (Å²) in [6.45, 7) is 0. The van der Waals surface area contributed by atoms with Crippen LogP contribution >= 0.6 is 23.2 Å². The number of carbonyl (C=O) groups excluding carboxylic acids is 1. The first kappa shape index (κ1) is 13.8. The van der Waals surface area contributed by atoms with E-state index in [2.05, 4.69) is 5.32 Å². The molecular formula is C13H7Cl2F2NO. The number of benzene rings is 2.